The lowest BCUT2D eigenvalue weighted by molar-refractivity contribution is -0.111. The van der Waals surface area contributed by atoms with Crippen molar-refractivity contribution in [2.75, 3.05) is 0 Å². The maximum atomic E-state index is 10.6. The number of hydrogen-bond acceptors (Lipinski definition) is 1. The normalized spacial score (nSPS) is 13.9. The summed E-state index contributed by atoms with van der Waals surface area (Å²) in [5.41, 5.74) is 0. The van der Waals surface area contributed by atoms with Gasteiger partial charge in [0.25, 0.3) is 0 Å². The van der Waals surface area contributed by atoms with Crippen molar-refractivity contribution < 1.29 is 4.79 Å². The lowest BCUT2D eigenvalue weighted by Gasteiger charge is -2.03. The lowest BCUT2D eigenvalue weighted by Crippen LogP contribution is -1.98. The molecule has 0 fully saturated rings. The van der Waals surface area contributed by atoms with E-state index in [1.54, 1.807) is 0 Å². The zero-order valence-electron chi connectivity index (χ0n) is 9.41. The van der Waals surface area contributed by atoms with Crippen LogP contribution in [0.25, 0.3) is 0 Å². The summed E-state index contributed by atoms with van der Waals surface area (Å²) in [6.45, 7) is 4.24. The van der Waals surface area contributed by atoms with Crippen molar-refractivity contribution in [3.05, 3.63) is 24.3 Å². The number of rotatable bonds is 8. The molecule has 0 amide bonds. The minimum Gasteiger partial charge on any atom is -0.303 e. The second kappa shape index (κ2) is 10.2. The van der Waals surface area contributed by atoms with Gasteiger partial charge in [-0.05, 0) is 25.7 Å². The Kier molecular flexibility index (Phi) is 9.61. The summed E-state index contributed by atoms with van der Waals surface area (Å²) in [6, 6.07) is 0. The van der Waals surface area contributed by atoms with Gasteiger partial charge >= 0.3 is 0 Å². The molecule has 0 rings (SSSR count). The zero-order chi connectivity index (χ0) is 10.6. The van der Waals surface area contributed by atoms with Crippen molar-refractivity contribution in [3.8, 4) is 0 Å². The van der Waals surface area contributed by atoms with E-state index in [4.69, 9.17) is 0 Å². The van der Waals surface area contributed by atoms with Gasteiger partial charge in [0.15, 0.2) is 0 Å². The fraction of sp³-hybridized carbons (Fsp3) is 0.615. The Balaban J connectivity index is 3.57. The average Bonchev–Trinajstić information content (AvgIpc) is 2.21. The van der Waals surface area contributed by atoms with Crippen molar-refractivity contribution in [3.63, 3.8) is 0 Å². The minimum absolute atomic E-state index is 0.228. The van der Waals surface area contributed by atoms with Gasteiger partial charge in [-0.25, -0.2) is 0 Å². The minimum atomic E-state index is 0.228. The van der Waals surface area contributed by atoms with Crippen molar-refractivity contribution in [2.24, 2.45) is 5.92 Å². The van der Waals surface area contributed by atoms with Gasteiger partial charge in [0.1, 0.15) is 6.29 Å². The first kappa shape index (κ1) is 13.2. The summed E-state index contributed by atoms with van der Waals surface area (Å²) in [4.78, 5) is 10.6. The van der Waals surface area contributed by atoms with Gasteiger partial charge in [0, 0.05) is 5.92 Å². The summed E-state index contributed by atoms with van der Waals surface area (Å²) < 4.78 is 0. The highest BCUT2D eigenvalue weighted by Crippen LogP contribution is 2.08. The number of hydrogen-bond donors (Lipinski definition) is 0. The van der Waals surface area contributed by atoms with Crippen LogP contribution in [0.1, 0.15) is 46.0 Å². The van der Waals surface area contributed by atoms with Gasteiger partial charge in [-0.15, -0.1) is 0 Å². The van der Waals surface area contributed by atoms with Crippen LogP contribution in [0.15, 0.2) is 24.3 Å². The van der Waals surface area contributed by atoms with Crippen molar-refractivity contribution in [1.29, 1.82) is 0 Å². The highest BCUT2D eigenvalue weighted by Gasteiger charge is 2.01. The first-order chi connectivity index (χ1) is 6.85. The van der Waals surface area contributed by atoms with Crippen molar-refractivity contribution in [2.45, 2.75) is 46.0 Å². The standard InChI is InChI=1S/C13H22O/c1-3-5-6-7-8-9-11-13(12-14)10-4-2/h5-6,8-9,12-13H,3-4,7,10-11H2,1-2H3/b6-5+,9-8+. The van der Waals surface area contributed by atoms with E-state index < -0.39 is 0 Å². The maximum absolute atomic E-state index is 10.6. The second-order valence-corrected chi connectivity index (χ2v) is 3.51. The average molecular weight is 194 g/mol. The third kappa shape index (κ3) is 7.78. The molecule has 0 aromatic rings. The number of carbonyl (C=O) groups excluding carboxylic acids is 1. The summed E-state index contributed by atoms with van der Waals surface area (Å²) in [5, 5.41) is 0. The van der Waals surface area contributed by atoms with Crippen LogP contribution in [0.4, 0.5) is 0 Å². The monoisotopic (exact) mass is 194 g/mol. The smallest absolute Gasteiger partial charge is 0.123 e. The van der Waals surface area contributed by atoms with Crippen LogP contribution in [-0.4, -0.2) is 6.29 Å². The van der Waals surface area contributed by atoms with Crippen LogP contribution in [-0.2, 0) is 4.79 Å². The maximum Gasteiger partial charge on any atom is 0.123 e. The lowest BCUT2D eigenvalue weighted by atomic mass is 10.0. The summed E-state index contributed by atoms with van der Waals surface area (Å²) >= 11 is 0. The Hall–Kier alpha value is -0.850. The van der Waals surface area contributed by atoms with Gasteiger partial charge in [-0.2, -0.15) is 0 Å². The number of aldehydes is 1. The van der Waals surface area contributed by atoms with E-state index in [0.717, 1.165) is 38.4 Å². The van der Waals surface area contributed by atoms with E-state index in [9.17, 15) is 4.79 Å². The molecule has 0 N–H and O–H groups in total. The molecule has 0 bridgehead atoms. The molecule has 0 aliphatic rings. The number of allylic oxidation sites excluding steroid dienone is 4. The fourth-order valence-corrected chi connectivity index (χ4v) is 1.32. The van der Waals surface area contributed by atoms with Gasteiger partial charge in [-0.3, -0.25) is 0 Å². The molecule has 0 saturated carbocycles. The molecule has 0 aliphatic heterocycles. The van der Waals surface area contributed by atoms with Crippen LogP contribution in [0, 0.1) is 5.92 Å². The molecule has 0 aromatic carbocycles. The molecule has 0 saturated heterocycles. The van der Waals surface area contributed by atoms with Crippen LogP contribution in [0.2, 0.25) is 0 Å². The van der Waals surface area contributed by atoms with Gasteiger partial charge in [0.05, 0.1) is 0 Å². The Labute approximate surface area is 87.9 Å². The first-order valence-electron chi connectivity index (χ1n) is 5.60. The Morgan fingerprint density at radius 1 is 1.07 bits per heavy atom. The molecular weight excluding hydrogens is 172 g/mol. The summed E-state index contributed by atoms with van der Waals surface area (Å²) in [5.74, 6) is 0.228. The molecule has 0 heterocycles. The highest BCUT2D eigenvalue weighted by molar-refractivity contribution is 5.53. The Bertz CT molecular complexity index is 180. The topological polar surface area (TPSA) is 17.1 Å². The molecule has 0 aromatic heterocycles. The molecule has 14 heavy (non-hydrogen) atoms. The van der Waals surface area contributed by atoms with Gasteiger partial charge < -0.3 is 4.79 Å². The molecule has 1 heteroatoms. The molecule has 1 nitrogen and oxygen atoms in total. The predicted octanol–water partition coefficient (Wildman–Crippen LogP) is 3.90. The third-order valence-electron chi connectivity index (χ3n) is 2.13. The van der Waals surface area contributed by atoms with E-state index in [1.165, 1.54) is 0 Å². The second-order valence-electron chi connectivity index (χ2n) is 3.51. The number of carbonyl (C=O) groups is 1. The predicted molar refractivity (Wildman–Crippen MR) is 62.3 cm³/mol. The molecule has 80 valence electrons. The zero-order valence-corrected chi connectivity index (χ0v) is 9.41. The van der Waals surface area contributed by atoms with Gasteiger partial charge in [-0.1, -0.05) is 44.6 Å². The quantitative estimate of drug-likeness (QED) is 0.423. The molecular formula is C13H22O. The van der Waals surface area contributed by atoms with Crippen LogP contribution in [0.3, 0.4) is 0 Å². The summed E-state index contributed by atoms with van der Waals surface area (Å²) in [7, 11) is 0. The first-order valence-corrected chi connectivity index (χ1v) is 5.60. The van der Waals surface area contributed by atoms with E-state index >= 15 is 0 Å². The van der Waals surface area contributed by atoms with E-state index in [1.807, 2.05) is 0 Å². The molecule has 0 aliphatic carbocycles. The third-order valence-corrected chi connectivity index (χ3v) is 2.13. The molecule has 1 atom stereocenters. The fourth-order valence-electron chi connectivity index (χ4n) is 1.32. The Morgan fingerprint density at radius 2 is 1.79 bits per heavy atom. The van der Waals surface area contributed by atoms with Crippen molar-refractivity contribution in [1.82, 2.24) is 0 Å². The molecule has 0 spiro atoms. The van der Waals surface area contributed by atoms with E-state index in [-0.39, 0.29) is 5.92 Å². The van der Waals surface area contributed by atoms with E-state index in [0.29, 0.717) is 0 Å². The summed E-state index contributed by atoms with van der Waals surface area (Å²) in [6.07, 6.45) is 14.7. The van der Waals surface area contributed by atoms with E-state index in [2.05, 4.69) is 38.2 Å². The van der Waals surface area contributed by atoms with Crippen LogP contribution >= 0.6 is 0 Å². The van der Waals surface area contributed by atoms with Gasteiger partial charge in [0.2, 0.25) is 0 Å². The largest absolute Gasteiger partial charge is 0.303 e. The molecule has 1 unspecified atom stereocenters. The Morgan fingerprint density at radius 3 is 2.36 bits per heavy atom. The van der Waals surface area contributed by atoms with Crippen LogP contribution < -0.4 is 0 Å². The molecule has 0 radical (unpaired) electrons. The highest BCUT2D eigenvalue weighted by atomic mass is 16.1. The van der Waals surface area contributed by atoms with Crippen LogP contribution in [0.5, 0.6) is 0 Å². The van der Waals surface area contributed by atoms with Crippen molar-refractivity contribution >= 4 is 6.29 Å². The SMILES string of the molecule is CC/C=C/C/C=C/CC(C=O)CCC.